The molecule has 2 aliphatic rings. The Morgan fingerprint density at radius 1 is 1.11 bits per heavy atom. The van der Waals surface area contributed by atoms with Crippen LogP contribution in [-0.2, 0) is 12.8 Å². The van der Waals surface area contributed by atoms with Crippen LogP contribution in [0.4, 0.5) is 0 Å². The second-order valence-electron chi connectivity index (χ2n) is 5.85. The molecule has 1 saturated heterocycles. The van der Waals surface area contributed by atoms with Crippen LogP contribution in [0, 0.1) is 0 Å². The molecule has 1 nitrogen and oxygen atoms in total. The molecule has 0 aromatic heterocycles. The molecule has 0 amide bonds. The number of nitrogens with one attached hydrogen (secondary N) is 1. The molecular weight excluding hydrogens is 218 g/mol. The van der Waals surface area contributed by atoms with Gasteiger partial charge in [-0.3, -0.25) is 0 Å². The van der Waals surface area contributed by atoms with Gasteiger partial charge in [-0.2, -0.15) is 0 Å². The van der Waals surface area contributed by atoms with Gasteiger partial charge in [0.1, 0.15) is 0 Å². The SMILES string of the molecule is CC1CCCC(/C=C/c2ccc3c(c2)CCC3)N1. The van der Waals surface area contributed by atoms with Gasteiger partial charge in [0, 0.05) is 12.1 Å². The van der Waals surface area contributed by atoms with Gasteiger partial charge in [0.15, 0.2) is 0 Å². The maximum absolute atomic E-state index is 3.65. The fraction of sp³-hybridized carbons (Fsp3) is 0.529. The van der Waals surface area contributed by atoms with Crippen LogP contribution in [0.15, 0.2) is 24.3 Å². The van der Waals surface area contributed by atoms with E-state index in [-0.39, 0.29) is 0 Å². The molecule has 18 heavy (non-hydrogen) atoms. The lowest BCUT2D eigenvalue weighted by Crippen LogP contribution is -2.39. The van der Waals surface area contributed by atoms with E-state index < -0.39 is 0 Å². The summed E-state index contributed by atoms with van der Waals surface area (Å²) in [5.74, 6) is 0. The molecule has 1 aliphatic carbocycles. The van der Waals surface area contributed by atoms with Gasteiger partial charge in [-0.25, -0.2) is 0 Å². The Morgan fingerprint density at radius 3 is 2.89 bits per heavy atom. The van der Waals surface area contributed by atoms with Crippen molar-refractivity contribution in [2.75, 3.05) is 0 Å². The molecule has 1 aliphatic heterocycles. The molecular formula is C17H23N. The van der Waals surface area contributed by atoms with E-state index in [9.17, 15) is 0 Å². The summed E-state index contributed by atoms with van der Waals surface area (Å²) in [5.41, 5.74) is 4.51. The highest BCUT2D eigenvalue weighted by Gasteiger charge is 2.15. The Balaban J connectivity index is 1.68. The lowest BCUT2D eigenvalue weighted by Gasteiger charge is -2.26. The Hall–Kier alpha value is -1.08. The van der Waals surface area contributed by atoms with Gasteiger partial charge in [-0.15, -0.1) is 0 Å². The molecule has 2 atom stereocenters. The average Bonchev–Trinajstić information content (AvgIpc) is 2.84. The fourth-order valence-electron chi connectivity index (χ4n) is 3.25. The minimum absolute atomic E-state index is 0.571. The molecule has 0 radical (unpaired) electrons. The van der Waals surface area contributed by atoms with Crippen LogP contribution in [-0.4, -0.2) is 12.1 Å². The third-order valence-electron chi connectivity index (χ3n) is 4.29. The molecule has 1 heteroatoms. The van der Waals surface area contributed by atoms with Crippen LogP contribution in [0.1, 0.15) is 49.3 Å². The van der Waals surface area contributed by atoms with Gasteiger partial charge in [0.25, 0.3) is 0 Å². The van der Waals surface area contributed by atoms with E-state index in [4.69, 9.17) is 0 Å². The second kappa shape index (κ2) is 5.27. The highest BCUT2D eigenvalue weighted by atomic mass is 14.9. The van der Waals surface area contributed by atoms with E-state index in [0.29, 0.717) is 12.1 Å². The van der Waals surface area contributed by atoms with Gasteiger partial charge in [-0.1, -0.05) is 36.8 Å². The van der Waals surface area contributed by atoms with Gasteiger partial charge in [0.05, 0.1) is 0 Å². The Kier molecular flexibility index (Phi) is 3.51. The predicted octanol–water partition coefficient (Wildman–Crippen LogP) is 3.72. The van der Waals surface area contributed by atoms with Gasteiger partial charge in [-0.05, 0) is 55.7 Å². The molecule has 1 fully saturated rings. The molecule has 1 aromatic rings. The summed E-state index contributed by atoms with van der Waals surface area (Å²) in [6.45, 7) is 2.29. The minimum Gasteiger partial charge on any atom is -0.308 e. The summed E-state index contributed by atoms with van der Waals surface area (Å²) in [4.78, 5) is 0. The molecule has 1 aromatic carbocycles. The smallest absolute Gasteiger partial charge is 0.0255 e. The van der Waals surface area contributed by atoms with E-state index in [1.54, 1.807) is 11.1 Å². The third kappa shape index (κ3) is 2.67. The van der Waals surface area contributed by atoms with Crippen molar-refractivity contribution in [1.82, 2.24) is 5.32 Å². The van der Waals surface area contributed by atoms with Crippen LogP contribution in [0.2, 0.25) is 0 Å². The van der Waals surface area contributed by atoms with E-state index in [0.717, 1.165) is 0 Å². The van der Waals surface area contributed by atoms with Crippen molar-refractivity contribution < 1.29 is 0 Å². The molecule has 1 N–H and O–H groups in total. The zero-order valence-electron chi connectivity index (χ0n) is 11.3. The first-order chi connectivity index (χ1) is 8.81. The molecule has 0 bridgehead atoms. The number of hydrogen-bond acceptors (Lipinski definition) is 1. The standard InChI is InChI=1S/C17H23N/c1-13-4-2-7-17(18-13)11-9-14-8-10-15-5-3-6-16(15)12-14/h8-13,17-18H,2-7H2,1H3/b11-9+. The Bertz CT molecular complexity index is 447. The lowest BCUT2D eigenvalue weighted by atomic mass is 9.98. The van der Waals surface area contributed by atoms with Crippen LogP contribution in [0.5, 0.6) is 0 Å². The first-order valence-electron chi connectivity index (χ1n) is 7.37. The van der Waals surface area contributed by atoms with Crippen LogP contribution in [0.25, 0.3) is 6.08 Å². The van der Waals surface area contributed by atoms with E-state index >= 15 is 0 Å². The zero-order valence-corrected chi connectivity index (χ0v) is 11.3. The van der Waals surface area contributed by atoms with E-state index in [2.05, 4.69) is 42.6 Å². The van der Waals surface area contributed by atoms with Crippen molar-refractivity contribution in [2.45, 2.75) is 57.5 Å². The van der Waals surface area contributed by atoms with Gasteiger partial charge < -0.3 is 5.32 Å². The molecule has 1 heterocycles. The van der Waals surface area contributed by atoms with Crippen molar-refractivity contribution in [2.24, 2.45) is 0 Å². The number of piperidine rings is 1. The number of aryl methyl sites for hydroxylation is 2. The zero-order chi connectivity index (χ0) is 12.4. The normalized spacial score (nSPS) is 27.6. The maximum atomic E-state index is 3.65. The highest BCUT2D eigenvalue weighted by molar-refractivity contribution is 5.53. The monoisotopic (exact) mass is 241 g/mol. The molecule has 3 rings (SSSR count). The van der Waals surface area contributed by atoms with E-state index in [1.807, 2.05) is 0 Å². The van der Waals surface area contributed by atoms with Crippen LogP contribution < -0.4 is 5.32 Å². The highest BCUT2D eigenvalue weighted by Crippen LogP contribution is 2.23. The summed E-state index contributed by atoms with van der Waals surface area (Å²) in [5, 5.41) is 3.65. The van der Waals surface area contributed by atoms with Crippen molar-refractivity contribution >= 4 is 6.08 Å². The Labute approximate surface area is 110 Å². The fourth-order valence-corrected chi connectivity index (χ4v) is 3.25. The number of rotatable bonds is 2. The molecule has 0 saturated carbocycles. The minimum atomic E-state index is 0.571. The molecule has 0 spiro atoms. The van der Waals surface area contributed by atoms with Crippen LogP contribution in [0.3, 0.4) is 0 Å². The largest absolute Gasteiger partial charge is 0.308 e. The molecule has 2 unspecified atom stereocenters. The van der Waals surface area contributed by atoms with Crippen molar-refractivity contribution in [3.63, 3.8) is 0 Å². The van der Waals surface area contributed by atoms with Crippen molar-refractivity contribution in [1.29, 1.82) is 0 Å². The van der Waals surface area contributed by atoms with E-state index in [1.165, 1.54) is 44.1 Å². The number of fused-ring (bicyclic) bond motifs is 1. The maximum Gasteiger partial charge on any atom is 0.0255 e. The van der Waals surface area contributed by atoms with Crippen molar-refractivity contribution in [3.8, 4) is 0 Å². The first-order valence-corrected chi connectivity index (χ1v) is 7.37. The number of benzene rings is 1. The third-order valence-corrected chi connectivity index (χ3v) is 4.29. The summed E-state index contributed by atoms with van der Waals surface area (Å²) < 4.78 is 0. The van der Waals surface area contributed by atoms with Crippen molar-refractivity contribution in [3.05, 3.63) is 41.0 Å². The number of hydrogen-bond donors (Lipinski definition) is 1. The summed E-state index contributed by atoms with van der Waals surface area (Å²) in [6, 6.07) is 8.21. The summed E-state index contributed by atoms with van der Waals surface area (Å²) in [7, 11) is 0. The lowest BCUT2D eigenvalue weighted by molar-refractivity contribution is 0.375. The summed E-state index contributed by atoms with van der Waals surface area (Å²) in [6.07, 6.45) is 12.5. The topological polar surface area (TPSA) is 12.0 Å². The predicted molar refractivity (Wildman–Crippen MR) is 77.7 cm³/mol. The summed E-state index contributed by atoms with van der Waals surface area (Å²) >= 11 is 0. The first kappa shape index (κ1) is 12.0. The molecule has 96 valence electrons. The second-order valence-corrected chi connectivity index (χ2v) is 5.85. The van der Waals surface area contributed by atoms with Gasteiger partial charge >= 0.3 is 0 Å². The average molecular weight is 241 g/mol. The van der Waals surface area contributed by atoms with Crippen LogP contribution >= 0.6 is 0 Å². The van der Waals surface area contributed by atoms with Gasteiger partial charge in [0.2, 0.25) is 0 Å². The quantitative estimate of drug-likeness (QED) is 0.832. The Morgan fingerprint density at radius 2 is 2.00 bits per heavy atom.